The van der Waals surface area contributed by atoms with Crippen molar-refractivity contribution >= 4 is 33.6 Å². The molecule has 0 unspecified atom stereocenters. The topological polar surface area (TPSA) is 84.2 Å². The third kappa shape index (κ3) is 4.00. The SMILES string of the molecule is C[C@@H](NC(=O)c1cc(-c2ccc(F)c(F)c2)cc2cnn(Cc3ccc4ccccc4c3)c12)C12CC(C(=O)O)(C1)C2. The molecule has 1 heterocycles. The minimum atomic E-state index is -0.967. The number of hydrogen-bond donors (Lipinski definition) is 2. The highest BCUT2D eigenvalue weighted by atomic mass is 19.2. The third-order valence-electron chi connectivity index (χ3n) is 9.17. The molecular weight excluding hydrogens is 524 g/mol. The number of nitrogens with zero attached hydrogens (tertiary/aromatic N) is 2. The van der Waals surface area contributed by atoms with Crippen LogP contribution in [0.4, 0.5) is 8.78 Å². The molecule has 2 bridgehead atoms. The van der Waals surface area contributed by atoms with Crippen molar-refractivity contribution in [1.82, 2.24) is 15.1 Å². The fraction of sp³-hybridized carbons (Fsp3) is 0.242. The molecule has 3 fully saturated rings. The summed E-state index contributed by atoms with van der Waals surface area (Å²) in [5.41, 5.74) is 2.17. The van der Waals surface area contributed by atoms with Gasteiger partial charge < -0.3 is 10.4 Å². The standard InChI is InChI=1S/C33H27F2N3O3/c1-19(32-16-33(17-32,18-32)31(40)41)37-30(39)26-12-24(23-8-9-27(34)28(35)13-23)11-25-14-36-38(29(25)26)15-20-6-7-21-4-2-3-5-22(21)10-20/h2-14,19H,15-18H2,1H3,(H,37,39)(H,40,41)/t19-,32?,33?/m1/s1. The second kappa shape index (κ2) is 8.96. The molecule has 0 saturated heterocycles. The smallest absolute Gasteiger partial charge is 0.309 e. The highest BCUT2D eigenvalue weighted by Crippen LogP contribution is 2.74. The molecule has 0 radical (unpaired) electrons. The van der Waals surface area contributed by atoms with Crippen molar-refractivity contribution in [2.24, 2.45) is 10.8 Å². The third-order valence-corrected chi connectivity index (χ3v) is 9.17. The molecule has 206 valence electrons. The van der Waals surface area contributed by atoms with Crippen molar-refractivity contribution in [2.75, 3.05) is 0 Å². The number of benzene rings is 4. The molecule has 3 saturated carbocycles. The Morgan fingerprint density at radius 3 is 2.41 bits per heavy atom. The van der Waals surface area contributed by atoms with Gasteiger partial charge in [-0.2, -0.15) is 5.10 Å². The predicted molar refractivity (Wildman–Crippen MR) is 151 cm³/mol. The van der Waals surface area contributed by atoms with Gasteiger partial charge in [0.25, 0.3) is 5.91 Å². The van der Waals surface area contributed by atoms with Gasteiger partial charge >= 0.3 is 5.97 Å². The number of rotatable bonds is 7. The average Bonchev–Trinajstić information content (AvgIpc) is 3.30. The summed E-state index contributed by atoms with van der Waals surface area (Å²) in [5, 5.41) is 20.2. The molecule has 6 nitrogen and oxygen atoms in total. The van der Waals surface area contributed by atoms with Crippen molar-refractivity contribution in [3.63, 3.8) is 0 Å². The van der Waals surface area contributed by atoms with Gasteiger partial charge in [0.15, 0.2) is 11.6 Å². The molecule has 1 atom stereocenters. The minimum Gasteiger partial charge on any atom is -0.481 e. The van der Waals surface area contributed by atoms with Crippen LogP contribution in [0.5, 0.6) is 0 Å². The predicted octanol–water partition coefficient (Wildman–Crippen LogP) is 6.56. The Kier molecular flexibility index (Phi) is 5.55. The number of carboxylic acid groups (broad SMARTS) is 1. The van der Waals surface area contributed by atoms with E-state index >= 15 is 0 Å². The van der Waals surface area contributed by atoms with Gasteiger partial charge in [-0.15, -0.1) is 0 Å². The maximum atomic E-state index is 14.1. The Hall–Kier alpha value is -4.59. The molecule has 3 aliphatic rings. The summed E-state index contributed by atoms with van der Waals surface area (Å²) >= 11 is 0. The number of aromatic nitrogens is 2. The fourth-order valence-corrected chi connectivity index (χ4v) is 6.86. The molecule has 8 heteroatoms. The minimum absolute atomic E-state index is 0.212. The average molecular weight is 552 g/mol. The number of amides is 1. The normalized spacial score (nSPS) is 21.7. The number of nitrogens with one attached hydrogen (secondary N) is 1. The summed E-state index contributed by atoms with van der Waals surface area (Å²) in [6.45, 7) is 2.35. The molecule has 0 aliphatic heterocycles. The van der Waals surface area contributed by atoms with E-state index in [1.54, 1.807) is 16.9 Å². The van der Waals surface area contributed by atoms with Gasteiger partial charge in [-0.3, -0.25) is 14.3 Å². The zero-order chi connectivity index (χ0) is 28.5. The highest BCUT2D eigenvalue weighted by Gasteiger charge is 2.73. The van der Waals surface area contributed by atoms with Gasteiger partial charge in [-0.1, -0.05) is 42.5 Å². The van der Waals surface area contributed by atoms with Crippen molar-refractivity contribution in [3.05, 3.63) is 102 Å². The lowest BCUT2D eigenvalue weighted by Crippen LogP contribution is -2.71. The van der Waals surface area contributed by atoms with Gasteiger partial charge in [0.1, 0.15) is 0 Å². The van der Waals surface area contributed by atoms with Crippen molar-refractivity contribution in [1.29, 1.82) is 0 Å². The van der Waals surface area contributed by atoms with Crippen LogP contribution >= 0.6 is 0 Å². The van der Waals surface area contributed by atoms with Gasteiger partial charge in [0.05, 0.1) is 29.2 Å². The number of fused-ring (bicyclic) bond motifs is 2. The summed E-state index contributed by atoms with van der Waals surface area (Å²) in [4.78, 5) is 25.5. The Morgan fingerprint density at radius 1 is 0.927 bits per heavy atom. The van der Waals surface area contributed by atoms with E-state index < -0.39 is 23.0 Å². The maximum Gasteiger partial charge on any atom is 0.309 e. The lowest BCUT2D eigenvalue weighted by Gasteiger charge is -2.70. The van der Waals surface area contributed by atoms with E-state index in [-0.39, 0.29) is 17.4 Å². The van der Waals surface area contributed by atoms with Gasteiger partial charge in [0, 0.05) is 11.4 Å². The summed E-state index contributed by atoms with van der Waals surface area (Å²) in [6, 6.07) is 21.2. The quantitative estimate of drug-likeness (QED) is 0.240. The first-order chi connectivity index (χ1) is 19.7. The number of carbonyl (C=O) groups is 2. The highest BCUT2D eigenvalue weighted by molar-refractivity contribution is 6.07. The molecule has 1 amide bonds. The zero-order valence-corrected chi connectivity index (χ0v) is 22.3. The molecule has 0 spiro atoms. The van der Waals surface area contributed by atoms with Gasteiger partial charge in [0.2, 0.25) is 0 Å². The van der Waals surface area contributed by atoms with Gasteiger partial charge in [-0.25, -0.2) is 8.78 Å². The van der Waals surface area contributed by atoms with Crippen LogP contribution in [0.25, 0.3) is 32.8 Å². The van der Waals surface area contributed by atoms with E-state index in [1.165, 1.54) is 6.07 Å². The number of carbonyl (C=O) groups excluding carboxylic acids is 1. The molecule has 41 heavy (non-hydrogen) atoms. The molecule has 2 N–H and O–H groups in total. The molecule has 5 aromatic rings. The Bertz CT molecular complexity index is 1880. The first-order valence-electron chi connectivity index (χ1n) is 13.6. The van der Waals surface area contributed by atoms with E-state index in [9.17, 15) is 23.5 Å². The molecule has 3 aliphatic carbocycles. The van der Waals surface area contributed by atoms with Crippen LogP contribution in [0.15, 0.2) is 79.0 Å². The van der Waals surface area contributed by atoms with Crippen LogP contribution in [0.2, 0.25) is 0 Å². The molecule has 1 aromatic heterocycles. The first kappa shape index (κ1) is 25.4. The van der Waals surface area contributed by atoms with Crippen LogP contribution < -0.4 is 5.32 Å². The number of aliphatic carboxylic acids is 1. The van der Waals surface area contributed by atoms with E-state index in [0.717, 1.165) is 28.5 Å². The number of halogens is 2. The van der Waals surface area contributed by atoms with Gasteiger partial charge in [-0.05, 0) is 89.4 Å². The van der Waals surface area contributed by atoms with Crippen LogP contribution in [0, 0.1) is 22.5 Å². The van der Waals surface area contributed by atoms with E-state index in [4.69, 9.17) is 0 Å². The number of carboxylic acids is 1. The summed E-state index contributed by atoms with van der Waals surface area (Å²) in [5.74, 6) is -2.99. The monoisotopic (exact) mass is 551 g/mol. The number of hydrogen-bond acceptors (Lipinski definition) is 3. The molecule has 4 aromatic carbocycles. The zero-order valence-electron chi connectivity index (χ0n) is 22.3. The van der Waals surface area contributed by atoms with Crippen molar-refractivity contribution in [2.45, 2.75) is 38.8 Å². The Labute approximate surface area is 234 Å². The molecular formula is C33H27F2N3O3. The molecule has 8 rings (SSSR count). The summed E-state index contributed by atoms with van der Waals surface area (Å²) < 4.78 is 29.6. The van der Waals surface area contributed by atoms with Crippen LogP contribution in [-0.2, 0) is 11.3 Å². The van der Waals surface area contributed by atoms with Crippen molar-refractivity contribution in [3.8, 4) is 11.1 Å². The summed E-state index contributed by atoms with van der Waals surface area (Å²) in [6.07, 6.45) is 3.35. The lowest BCUT2D eigenvalue weighted by atomic mass is 9.33. The largest absolute Gasteiger partial charge is 0.481 e. The Balaban J connectivity index is 1.27. The summed E-state index contributed by atoms with van der Waals surface area (Å²) in [7, 11) is 0. The van der Waals surface area contributed by atoms with Crippen LogP contribution in [0.1, 0.15) is 42.1 Å². The van der Waals surface area contributed by atoms with E-state index in [1.807, 2.05) is 37.3 Å². The van der Waals surface area contributed by atoms with E-state index in [2.05, 4.69) is 28.6 Å². The fourth-order valence-electron chi connectivity index (χ4n) is 6.86. The maximum absolute atomic E-state index is 14.1. The van der Waals surface area contributed by atoms with Crippen LogP contribution in [-0.4, -0.2) is 32.8 Å². The van der Waals surface area contributed by atoms with E-state index in [0.29, 0.717) is 53.4 Å². The van der Waals surface area contributed by atoms with Crippen molar-refractivity contribution < 1.29 is 23.5 Å². The second-order valence-corrected chi connectivity index (χ2v) is 11.7. The second-order valence-electron chi connectivity index (χ2n) is 11.7. The van der Waals surface area contributed by atoms with Crippen LogP contribution in [0.3, 0.4) is 0 Å². The lowest BCUT2D eigenvalue weighted by molar-refractivity contribution is -0.230. The Morgan fingerprint density at radius 2 is 1.68 bits per heavy atom. The first-order valence-corrected chi connectivity index (χ1v) is 13.6.